The minimum absolute atomic E-state index is 0.127. The topological polar surface area (TPSA) is 51.2 Å². The highest BCUT2D eigenvalue weighted by Gasteiger charge is 2.17. The molecule has 0 aliphatic carbocycles. The number of hydrogen-bond acceptors (Lipinski definition) is 3. The summed E-state index contributed by atoms with van der Waals surface area (Å²) in [6, 6.07) is 13.0. The minimum atomic E-state index is -0.779. The quantitative estimate of drug-likeness (QED) is 0.761. The molecule has 3 aromatic rings. The standard InChI is InChI=1S/C18H14ClFN2O2/c1-11(18(23)22-15-8-7-13(20)10-14(15)19)24-16-6-2-4-12-5-3-9-21-17(12)16/h2-11H,1H3,(H,22,23)/t11-/m0/s1. The van der Waals surface area contributed by atoms with E-state index in [9.17, 15) is 9.18 Å². The van der Waals surface area contributed by atoms with Crippen LogP contribution in [0, 0.1) is 5.82 Å². The van der Waals surface area contributed by atoms with Crippen LogP contribution in [0.3, 0.4) is 0 Å². The van der Waals surface area contributed by atoms with E-state index in [4.69, 9.17) is 16.3 Å². The van der Waals surface area contributed by atoms with E-state index >= 15 is 0 Å². The van der Waals surface area contributed by atoms with Gasteiger partial charge in [-0.15, -0.1) is 0 Å². The molecule has 0 saturated carbocycles. The van der Waals surface area contributed by atoms with Crippen molar-refractivity contribution in [2.75, 3.05) is 5.32 Å². The molecule has 1 aromatic heterocycles. The molecule has 122 valence electrons. The van der Waals surface area contributed by atoms with Crippen molar-refractivity contribution in [2.45, 2.75) is 13.0 Å². The zero-order valence-electron chi connectivity index (χ0n) is 12.8. The number of nitrogens with one attached hydrogen (secondary N) is 1. The van der Waals surface area contributed by atoms with Crippen LogP contribution in [0.2, 0.25) is 5.02 Å². The van der Waals surface area contributed by atoms with Crippen LogP contribution in [0.5, 0.6) is 5.75 Å². The maximum atomic E-state index is 13.1. The predicted molar refractivity (Wildman–Crippen MR) is 91.9 cm³/mol. The van der Waals surface area contributed by atoms with E-state index in [0.29, 0.717) is 17.0 Å². The molecule has 6 heteroatoms. The van der Waals surface area contributed by atoms with Gasteiger partial charge in [0.1, 0.15) is 17.1 Å². The van der Waals surface area contributed by atoms with E-state index < -0.39 is 17.8 Å². The van der Waals surface area contributed by atoms with Gasteiger partial charge in [-0.05, 0) is 37.3 Å². The van der Waals surface area contributed by atoms with Gasteiger partial charge >= 0.3 is 0 Å². The van der Waals surface area contributed by atoms with Crippen molar-refractivity contribution in [3.63, 3.8) is 0 Å². The first-order chi connectivity index (χ1) is 11.5. The lowest BCUT2D eigenvalue weighted by Gasteiger charge is -2.16. The second-order valence-corrected chi connectivity index (χ2v) is 5.61. The molecule has 0 saturated heterocycles. The zero-order chi connectivity index (χ0) is 17.1. The summed E-state index contributed by atoms with van der Waals surface area (Å²) in [6.45, 7) is 1.62. The van der Waals surface area contributed by atoms with Crippen LogP contribution in [0.15, 0.2) is 54.7 Å². The van der Waals surface area contributed by atoms with E-state index in [1.165, 1.54) is 12.1 Å². The third-order valence-electron chi connectivity index (χ3n) is 3.46. The Morgan fingerprint density at radius 3 is 2.83 bits per heavy atom. The van der Waals surface area contributed by atoms with Crippen LogP contribution in [0.1, 0.15) is 6.92 Å². The van der Waals surface area contributed by atoms with Gasteiger partial charge in [0.15, 0.2) is 6.10 Å². The summed E-state index contributed by atoms with van der Waals surface area (Å²) < 4.78 is 18.8. The Morgan fingerprint density at radius 2 is 2.04 bits per heavy atom. The van der Waals surface area contributed by atoms with Crippen LogP contribution >= 0.6 is 11.6 Å². The van der Waals surface area contributed by atoms with Gasteiger partial charge in [0.05, 0.1) is 10.7 Å². The Labute approximate surface area is 143 Å². The van der Waals surface area contributed by atoms with E-state index in [-0.39, 0.29) is 5.02 Å². The molecule has 0 fully saturated rings. The van der Waals surface area contributed by atoms with Crippen LogP contribution in [0.4, 0.5) is 10.1 Å². The molecule has 0 unspecified atom stereocenters. The van der Waals surface area contributed by atoms with Gasteiger partial charge in [-0.1, -0.05) is 29.8 Å². The molecule has 0 spiro atoms. The number of fused-ring (bicyclic) bond motifs is 1. The number of anilines is 1. The minimum Gasteiger partial charge on any atom is -0.479 e. The van der Waals surface area contributed by atoms with Crippen molar-refractivity contribution < 1.29 is 13.9 Å². The molecular weight excluding hydrogens is 331 g/mol. The molecule has 4 nitrogen and oxygen atoms in total. The first-order valence-electron chi connectivity index (χ1n) is 7.31. The summed E-state index contributed by atoms with van der Waals surface area (Å²) in [5.74, 6) is -0.346. The SMILES string of the molecule is C[C@H](Oc1cccc2cccnc12)C(=O)Nc1ccc(F)cc1Cl. The Balaban J connectivity index is 1.76. The number of benzene rings is 2. The summed E-state index contributed by atoms with van der Waals surface area (Å²) in [4.78, 5) is 16.6. The molecule has 24 heavy (non-hydrogen) atoms. The second-order valence-electron chi connectivity index (χ2n) is 5.20. The zero-order valence-corrected chi connectivity index (χ0v) is 13.5. The Kier molecular flexibility index (Phi) is 4.62. The molecule has 1 heterocycles. The van der Waals surface area contributed by atoms with Crippen molar-refractivity contribution in [1.29, 1.82) is 0 Å². The molecule has 0 radical (unpaired) electrons. The van der Waals surface area contributed by atoms with E-state index in [1.807, 2.05) is 24.3 Å². The first-order valence-corrected chi connectivity index (χ1v) is 7.69. The molecule has 0 aliphatic rings. The third kappa shape index (κ3) is 3.46. The largest absolute Gasteiger partial charge is 0.479 e. The lowest BCUT2D eigenvalue weighted by atomic mass is 10.2. The molecule has 2 aromatic carbocycles. The average molecular weight is 345 g/mol. The Morgan fingerprint density at radius 1 is 1.25 bits per heavy atom. The molecular formula is C18H14ClFN2O2. The van der Waals surface area contributed by atoms with Gasteiger partial charge in [-0.25, -0.2) is 4.39 Å². The average Bonchev–Trinajstić information content (AvgIpc) is 2.57. The Bertz CT molecular complexity index is 896. The van der Waals surface area contributed by atoms with Crippen LogP contribution < -0.4 is 10.1 Å². The second kappa shape index (κ2) is 6.84. The summed E-state index contributed by atoms with van der Waals surface area (Å²) in [7, 11) is 0. The summed E-state index contributed by atoms with van der Waals surface area (Å²) >= 11 is 5.91. The van der Waals surface area contributed by atoms with Crippen molar-refractivity contribution in [3.05, 3.63) is 65.6 Å². The Hall–Kier alpha value is -2.66. The molecule has 1 amide bonds. The van der Waals surface area contributed by atoms with Crippen molar-refractivity contribution in [3.8, 4) is 5.75 Å². The fourth-order valence-corrected chi connectivity index (χ4v) is 2.45. The van der Waals surface area contributed by atoms with Crippen molar-refractivity contribution >= 4 is 34.1 Å². The molecule has 1 N–H and O–H groups in total. The summed E-state index contributed by atoms with van der Waals surface area (Å²) in [5.41, 5.74) is 1.01. The lowest BCUT2D eigenvalue weighted by molar-refractivity contribution is -0.122. The number of nitrogens with zero attached hydrogens (tertiary/aromatic N) is 1. The number of amides is 1. The molecule has 0 aliphatic heterocycles. The number of halogens is 2. The number of pyridine rings is 1. The number of aromatic nitrogens is 1. The van der Waals surface area contributed by atoms with E-state index in [2.05, 4.69) is 10.3 Å². The fraction of sp³-hybridized carbons (Fsp3) is 0.111. The van der Waals surface area contributed by atoms with Crippen molar-refractivity contribution in [1.82, 2.24) is 4.98 Å². The number of carbonyl (C=O) groups excluding carboxylic acids is 1. The normalized spacial score (nSPS) is 12.0. The number of hydrogen-bond donors (Lipinski definition) is 1. The monoisotopic (exact) mass is 344 g/mol. The van der Waals surface area contributed by atoms with Gasteiger partial charge in [-0.3, -0.25) is 9.78 Å². The summed E-state index contributed by atoms with van der Waals surface area (Å²) in [5, 5.41) is 3.67. The smallest absolute Gasteiger partial charge is 0.265 e. The van der Waals surface area contributed by atoms with Crippen molar-refractivity contribution in [2.24, 2.45) is 0 Å². The number of ether oxygens (including phenoxy) is 1. The van der Waals surface area contributed by atoms with Crippen LogP contribution in [0.25, 0.3) is 10.9 Å². The maximum absolute atomic E-state index is 13.1. The van der Waals surface area contributed by atoms with Crippen LogP contribution in [-0.4, -0.2) is 17.0 Å². The molecule has 3 rings (SSSR count). The lowest BCUT2D eigenvalue weighted by Crippen LogP contribution is -2.30. The number of para-hydroxylation sites is 1. The highest BCUT2D eigenvalue weighted by atomic mass is 35.5. The van der Waals surface area contributed by atoms with Gasteiger partial charge in [0.25, 0.3) is 5.91 Å². The predicted octanol–water partition coefficient (Wildman–Crippen LogP) is 4.43. The highest BCUT2D eigenvalue weighted by molar-refractivity contribution is 6.33. The van der Waals surface area contributed by atoms with E-state index in [1.54, 1.807) is 19.2 Å². The fourth-order valence-electron chi connectivity index (χ4n) is 2.24. The van der Waals surface area contributed by atoms with Gasteiger partial charge in [0.2, 0.25) is 0 Å². The maximum Gasteiger partial charge on any atom is 0.265 e. The van der Waals surface area contributed by atoms with Crippen LogP contribution in [-0.2, 0) is 4.79 Å². The van der Waals surface area contributed by atoms with E-state index in [0.717, 1.165) is 11.5 Å². The molecule has 0 bridgehead atoms. The number of carbonyl (C=O) groups is 1. The van der Waals surface area contributed by atoms with Gasteiger partial charge in [0, 0.05) is 11.6 Å². The molecule has 1 atom stereocenters. The third-order valence-corrected chi connectivity index (χ3v) is 3.77. The van der Waals surface area contributed by atoms with Gasteiger partial charge in [-0.2, -0.15) is 0 Å². The first kappa shape index (κ1) is 16.2. The van der Waals surface area contributed by atoms with Gasteiger partial charge < -0.3 is 10.1 Å². The highest BCUT2D eigenvalue weighted by Crippen LogP contribution is 2.25. The summed E-state index contributed by atoms with van der Waals surface area (Å²) in [6.07, 6.45) is 0.886. The number of rotatable bonds is 4.